The van der Waals surface area contributed by atoms with Gasteiger partial charge in [-0.1, -0.05) is 35.5 Å². The molecule has 36 heavy (non-hydrogen) atoms. The number of benzene rings is 3. The Kier molecular flexibility index (Phi) is 7.15. The van der Waals surface area contributed by atoms with Gasteiger partial charge in [-0.05, 0) is 0 Å². The molecule has 6 nitrogen and oxygen atoms in total. The van der Waals surface area contributed by atoms with Gasteiger partial charge in [0.1, 0.15) is 0 Å². The lowest BCUT2D eigenvalue weighted by Gasteiger charge is -2.11. The van der Waals surface area contributed by atoms with E-state index in [0.717, 1.165) is 0 Å². The molecule has 6 heteroatoms. The van der Waals surface area contributed by atoms with Crippen LogP contribution in [0.2, 0.25) is 0 Å². The van der Waals surface area contributed by atoms with Crippen LogP contribution in [0, 0.1) is 35.5 Å². The number of hydrogen-bond acceptors (Lipinski definition) is 6. The summed E-state index contributed by atoms with van der Waals surface area (Å²) >= 11 is 0. The van der Waals surface area contributed by atoms with Crippen molar-refractivity contribution < 1.29 is 28.4 Å². The van der Waals surface area contributed by atoms with Crippen molar-refractivity contribution in [3.8, 4) is 70.0 Å². The molecule has 4 rings (SSSR count). The fourth-order valence-corrected chi connectivity index (χ4v) is 3.66. The predicted octanol–water partition coefficient (Wildman–Crippen LogP) is 4.25. The highest BCUT2D eigenvalue weighted by molar-refractivity contribution is 5.67. The lowest BCUT2D eigenvalue weighted by molar-refractivity contribution is 0.354. The average molecular weight is 481 g/mol. The fourth-order valence-electron chi connectivity index (χ4n) is 3.66. The highest BCUT2D eigenvalue weighted by atomic mass is 16.5. The zero-order chi connectivity index (χ0) is 25.7. The highest BCUT2D eigenvalue weighted by Crippen LogP contribution is 2.33. The van der Waals surface area contributed by atoms with E-state index in [1.807, 2.05) is 36.4 Å². The van der Waals surface area contributed by atoms with Crippen LogP contribution in [0.3, 0.4) is 0 Å². The first-order valence-electron chi connectivity index (χ1n) is 10.9. The summed E-state index contributed by atoms with van der Waals surface area (Å²) in [6.45, 7) is 0. The topological polar surface area (TPSA) is 55.4 Å². The number of rotatable bonds is 6. The van der Waals surface area contributed by atoms with Crippen molar-refractivity contribution >= 4 is 0 Å². The highest BCUT2D eigenvalue weighted by Gasteiger charge is 2.13. The van der Waals surface area contributed by atoms with E-state index in [1.165, 1.54) is 0 Å². The van der Waals surface area contributed by atoms with Crippen LogP contribution < -0.4 is 28.4 Å². The summed E-state index contributed by atoms with van der Waals surface area (Å²) in [5.74, 6) is 22.6. The lowest BCUT2D eigenvalue weighted by atomic mass is 10.0. The van der Waals surface area contributed by atoms with Crippen LogP contribution >= 0.6 is 0 Å². The maximum atomic E-state index is 5.49. The van der Waals surface area contributed by atoms with Gasteiger partial charge in [0.15, 0.2) is 34.5 Å². The summed E-state index contributed by atoms with van der Waals surface area (Å²) in [4.78, 5) is 0. The van der Waals surface area contributed by atoms with Gasteiger partial charge in [-0.3, -0.25) is 0 Å². The van der Waals surface area contributed by atoms with Crippen LogP contribution in [0.25, 0.3) is 0 Å². The maximum absolute atomic E-state index is 5.49. The minimum absolute atomic E-state index is 0.554. The standard InChI is InChI=1S/C30H24O6/c1-31-25-13-19-7-8-21-15-27(33-3)29(35-5)17-23(21)11-12-24-18-30(36-6)28(34-4)16-22(24)10-9-20(19)14-26(25)32-2/h13-18H,1-6H3. The molecule has 0 unspecified atom stereocenters. The van der Waals surface area contributed by atoms with E-state index in [9.17, 15) is 0 Å². The van der Waals surface area contributed by atoms with Crippen molar-refractivity contribution in [1.82, 2.24) is 0 Å². The molecule has 1 aliphatic rings. The molecule has 0 aliphatic heterocycles. The van der Waals surface area contributed by atoms with E-state index in [2.05, 4.69) is 35.5 Å². The molecular formula is C30H24O6. The van der Waals surface area contributed by atoms with Gasteiger partial charge < -0.3 is 28.4 Å². The number of ether oxygens (including phenoxy) is 6. The second kappa shape index (κ2) is 10.6. The van der Waals surface area contributed by atoms with Crippen LogP contribution in [0.4, 0.5) is 0 Å². The fraction of sp³-hybridized carbons (Fsp3) is 0.200. The van der Waals surface area contributed by atoms with Crippen LogP contribution in [0.15, 0.2) is 36.4 Å². The molecule has 0 saturated heterocycles. The third kappa shape index (κ3) is 4.69. The largest absolute Gasteiger partial charge is 0.493 e. The summed E-state index contributed by atoms with van der Waals surface area (Å²) in [6, 6.07) is 10.9. The Labute approximate surface area is 211 Å². The molecular weight excluding hydrogens is 456 g/mol. The van der Waals surface area contributed by atoms with Crippen LogP contribution in [0.1, 0.15) is 33.4 Å². The quantitative estimate of drug-likeness (QED) is 0.385. The van der Waals surface area contributed by atoms with Gasteiger partial charge in [-0.15, -0.1) is 0 Å². The van der Waals surface area contributed by atoms with Gasteiger partial charge in [-0.25, -0.2) is 0 Å². The van der Waals surface area contributed by atoms with E-state index >= 15 is 0 Å². The van der Waals surface area contributed by atoms with Crippen molar-refractivity contribution in [3.63, 3.8) is 0 Å². The monoisotopic (exact) mass is 480 g/mol. The molecule has 3 aromatic rings. The first kappa shape index (κ1) is 24.3. The first-order valence-corrected chi connectivity index (χ1v) is 10.9. The molecule has 0 fully saturated rings. The van der Waals surface area contributed by atoms with Gasteiger partial charge in [0.05, 0.1) is 42.7 Å². The third-order valence-corrected chi connectivity index (χ3v) is 5.57. The minimum Gasteiger partial charge on any atom is -0.493 e. The number of hydrogen-bond donors (Lipinski definition) is 0. The van der Waals surface area contributed by atoms with Gasteiger partial charge in [0.25, 0.3) is 0 Å². The van der Waals surface area contributed by atoms with E-state index in [4.69, 9.17) is 28.4 Å². The summed E-state index contributed by atoms with van der Waals surface area (Å²) in [7, 11) is 9.48. The number of fused-ring (bicyclic) bond motifs is 3. The van der Waals surface area contributed by atoms with Gasteiger partial charge in [0, 0.05) is 69.8 Å². The van der Waals surface area contributed by atoms with Crippen molar-refractivity contribution in [2.24, 2.45) is 0 Å². The van der Waals surface area contributed by atoms with Gasteiger partial charge in [-0.2, -0.15) is 0 Å². The van der Waals surface area contributed by atoms with Crippen LogP contribution in [-0.4, -0.2) is 42.7 Å². The van der Waals surface area contributed by atoms with Crippen molar-refractivity contribution in [2.75, 3.05) is 42.7 Å². The Morgan fingerprint density at radius 3 is 0.556 bits per heavy atom. The SMILES string of the molecule is COc1cc2c(cc1OC)C#Cc1cc(OC)c(OC)cc1C#Cc1cc(OC)c(OC)cc1C#C2. The zero-order valence-electron chi connectivity index (χ0n) is 20.9. The summed E-state index contributed by atoms with van der Waals surface area (Å²) < 4.78 is 33.0. The molecule has 0 N–H and O–H groups in total. The van der Waals surface area contributed by atoms with Crippen molar-refractivity contribution in [2.45, 2.75) is 0 Å². The van der Waals surface area contributed by atoms with Crippen molar-refractivity contribution in [1.29, 1.82) is 0 Å². The normalized spacial score (nSPS) is 10.5. The summed E-state index contributed by atoms with van der Waals surface area (Å²) in [5.41, 5.74) is 4.06. The second-order valence-corrected chi connectivity index (χ2v) is 7.51. The maximum Gasteiger partial charge on any atom is 0.162 e. The molecule has 0 spiro atoms. The molecule has 1 aliphatic carbocycles. The Hall–Kier alpha value is -4.86. The Morgan fingerprint density at radius 1 is 0.306 bits per heavy atom. The lowest BCUT2D eigenvalue weighted by Crippen LogP contribution is -1.97. The van der Waals surface area contributed by atoms with E-state index < -0.39 is 0 Å². The average Bonchev–Trinajstić information content (AvgIpc) is 2.92. The molecule has 0 atom stereocenters. The Morgan fingerprint density at radius 2 is 0.444 bits per heavy atom. The summed E-state index contributed by atoms with van der Waals surface area (Å²) in [5, 5.41) is 0. The first-order chi connectivity index (χ1) is 17.5. The Balaban J connectivity index is 2.08. The molecule has 180 valence electrons. The smallest absolute Gasteiger partial charge is 0.162 e. The molecule has 3 aromatic carbocycles. The Bertz CT molecular complexity index is 1230. The number of methoxy groups -OCH3 is 6. The van der Waals surface area contributed by atoms with E-state index in [1.54, 1.807) is 42.7 Å². The van der Waals surface area contributed by atoms with Gasteiger partial charge >= 0.3 is 0 Å². The van der Waals surface area contributed by atoms with E-state index in [-0.39, 0.29) is 0 Å². The predicted molar refractivity (Wildman–Crippen MR) is 137 cm³/mol. The molecule has 0 bridgehead atoms. The molecule has 0 radical (unpaired) electrons. The second-order valence-electron chi connectivity index (χ2n) is 7.51. The summed E-state index contributed by atoms with van der Waals surface area (Å²) in [6.07, 6.45) is 0. The zero-order valence-corrected chi connectivity index (χ0v) is 20.9. The molecule has 0 amide bonds. The molecule has 0 aromatic heterocycles. The van der Waals surface area contributed by atoms with Gasteiger partial charge in [0.2, 0.25) is 0 Å². The molecule has 0 saturated carbocycles. The third-order valence-electron chi connectivity index (χ3n) is 5.57. The van der Waals surface area contributed by atoms with Crippen LogP contribution in [-0.2, 0) is 0 Å². The van der Waals surface area contributed by atoms with E-state index in [0.29, 0.717) is 67.9 Å². The van der Waals surface area contributed by atoms with Crippen molar-refractivity contribution in [3.05, 3.63) is 69.8 Å². The molecule has 0 heterocycles. The van der Waals surface area contributed by atoms with Crippen LogP contribution in [0.5, 0.6) is 34.5 Å². The minimum atomic E-state index is 0.554.